The number of hydrogen-bond donors (Lipinski definition) is 1. The van der Waals surface area contributed by atoms with E-state index >= 15 is 0 Å². The lowest BCUT2D eigenvalue weighted by atomic mass is 9.79. The van der Waals surface area contributed by atoms with Gasteiger partial charge in [-0.05, 0) is 18.8 Å². The quantitative estimate of drug-likeness (QED) is 0.821. The molecular weight excluding hydrogens is 377 g/mol. The number of likely N-dealkylation sites (tertiary alicyclic amines) is 1. The summed E-state index contributed by atoms with van der Waals surface area (Å²) in [5, 5.41) is 0.902. The van der Waals surface area contributed by atoms with E-state index < -0.39 is 0 Å². The van der Waals surface area contributed by atoms with Gasteiger partial charge in [0.1, 0.15) is 9.88 Å². The van der Waals surface area contributed by atoms with Crippen molar-refractivity contribution in [1.29, 1.82) is 0 Å². The fourth-order valence-electron chi connectivity index (χ4n) is 2.99. The van der Waals surface area contributed by atoms with Crippen LogP contribution in [0.15, 0.2) is 30.3 Å². The zero-order valence-corrected chi connectivity index (χ0v) is 17.1. The Kier molecular flexibility index (Phi) is 7.44. The van der Waals surface area contributed by atoms with Gasteiger partial charge in [0.05, 0.1) is 5.69 Å². The Morgan fingerprint density at radius 2 is 1.92 bits per heavy atom. The summed E-state index contributed by atoms with van der Waals surface area (Å²) in [6, 6.07) is 10.2. The summed E-state index contributed by atoms with van der Waals surface area (Å²) in [5.41, 5.74) is 8.00. The standard InChI is InChI=1S/C18H23N3OS.2ClH/c1-12-15(23-16(20-12)13-7-5-4-6-8-13)17(22)21-10-9-14(19)18(2,3)11-21;;/h4-8,14H,9-11,19H2,1-3H3;2*1H. The number of carbonyl (C=O) groups excluding carboxylic acids is 1. The number of rotatable bonds is 2. The molecule has 1 aliphatic heterocycles. The number of hydrogen-bond acceptors (Lipinski definition) is 4. The zero-order chi connectivity index (χ0) is 16.6. The summed E-state index contributed by atoms with van der Waals surface area (Å²) in [6.45, 7) is 7.60. The van der Waals surface area contributed by atoms with Gasteiger partial charge in [-0.3, -0.25) is 4.79 Å². The number of carbonyl (C=O) groups is 1. The summed E-state index contributed by atoms with van der Waals surface area (Å²) < 4.78 is 0. The summed E-state index contributed by atoms with van der Waals surface area (Å²) in [7, 11) is 0. The van der Waals surface area contributed by atoms with Gasteiger partial charge >= 0.3 is 0 Å². The highest BCUT2D eigenvalue weighted by Crippen LogP contribution is 2.32. The summed E-state index contributed by atoms with van der Waals surface area (Å²) in [4.78, 5) is 20.2. The Bertz CT molecular complexity index is 718. The number of aromatic nitrogens is 1. The first-order valence-corrected chi connectivity index (χ1v) is 8.78. The monoisotopic (exact) mass is 401 g/mol. The van der Waals surface area contributed by atoms with Gasteiger partial charge in [0.15, 0.2) is 0 Å². The van der Waals surface area contributed by atoms with Gasteiger partial charge < -0.3 is 10.6 Å². The van der Waals surface area contributed by atoms with E-state index in [-0.39, 0.29) is 42.2 Å². The smallest absolute Gasteiger partial charge is 0.265 e. The molecule has 0 aliphatic carbocycles. The van der Waals surface area contributed by atoms with Crippen LogP contribution in [0.3, 0.4) is 0 Å². The van der Waals surface area contributed by atoms with E-state index in [1.807, 2.05) is 42.2 Å². The normalized spacial score (nSPS) is 18.9. The van der Waals surface area contributed by atoms with Crippen LogP contribution in [0.25, 0.3) is 10.6 Å². The van der Waals surface area contributed by atoms with Crippen LogP contribution in [0.4, 0.5) is 0 Å². The number of halogens is 2. The van der Waals surface area contributed by atoms with Gasteiger partial charge in [0.25, 0.3) is 5.91 Å². The molecule has 4 nitrogen and oxygen atoms in total. The molecule has 0 saturated carbocycles. The maximum absolute atomic E-state index is 12.9. The molecule has 1 unspecified atom stereocenters. The Morgan fingerprint density at radius 1 is 1.28 bits per heavy atom. The van der Waals surface area contributed by atoms with Crippen molar-refractivity contribution in [3.8, 4) is 10.6 Å². The van der Waals surface area contributed by atoms with Gasteiger partial charge in [-0.15, -0.1) is 36.2 Å². The third-order valence-corrected chi connectivity index (χ3v) is 5.81. The van der Waals surface area contributed by atoms with Crippen molar-refractivity contribution in [3.05, 3.63) is 40.9 Å². The largest absolute Gasteiger partial charge is 0.337 e. The molecule has 1 aromatic heterocycles. The second-order valence-corrected chi connectivity index (χ2v) is 7.91. The summed E-state index contributed by atoms with van der Waals surface area (Å²) in [6.07, 6.45) is 0.849. The van der Waals surface area contributed by atoms with Crippen LogP contribution < -0.4 is 5.73 Å². The van der Waals surface area contributed by atoms with Gasteiger partial charge in [-0.25, -0.2) is 4.98 Å². The molecule has 0 radical (unpaired) electrons. The topological polar surface area (TPSA) is 59.2 Å². The molecule has 25 heavy (non-hydrogen) atoms. The van der Waals surface area contributed by atoms with E-state index in [9.17, 15) is 4.79 Å². The molecular formula is C18H25Cl2N3OS. The van der Waals surface area contributed by atoms with Gasteiger partial charge in [0, 0.05) is 24.7 Å². The van der Waals surface area contributed by atoms with Crippen molar-refractivity contribution < 1.29 is 4.79 Å². The van der Waals surface area contributed by atoms with E-state index in [1.54, 1.807) is 0 Å². The first-order chi connectivity index (χ1) is 10.9. The first-order valence-electron chi connectivity index (χ1n) is 7.96. The Hall–Kier alpha value is -1.14. The molecule has 1 aromatic carbocycles. The lowest BCUT2D eigenvalue weighted by Crippen LogP contribution is -2.53. The number of nitrogens with zero attached hydrogens (tertiary/aromatic N) is 2. The molecule has 138 valence electrons. The lowest BCUT2D eigenvalue weighted by molar-refractivity contribution is 0.0536. The number of piperidine rings is 1. The first kappa shape index (κ1) is 21.9. The molecule has 1 aliphatic rings. The van der Waals surface area contributed by atoms with Crippen molar-refractivity contribution in [2.24, 2.45) is 11.1 Å². The minimum atomic E-state index is -0.0469. The minimum absolute atomic E-state index is 0. The van der Waals surface area contributed by atoms with Gasteiger partial charge in [-0.1, -0.05) is 44.2 Å². The number of aryl methyl sites for hydroxylation is 1. The number of nitrogens with two attached hydrogens (primary N) is 1. The van der Waals surface area contributed by atoms with Crippen molar-refractivity contribution in [2.75, 3.05) is 13.1 Å². The Balaban J connectivity index is 0.00000156. The molecule has 0 bridgehead atoms. The molecule has 7 heteroatoms. The third kappa shape index (κ3) is 4.53. The molecule has 2 N–H and O–H groups in total. The number of amides is 1. The van der Waals surface area contributed by atoms with Crippen LogP contribution in [0.1, 0.15) is 35.6 Å². The fraction of sp³-hybridized carbons (Fsp3) is 0.444. The molecule has 1 amide bonds. The van der Waals surface area contributed by atoms with Crippen LogP contribution in [0.5, 0.6) is 0 Å². The van der Waals surface area contributed by atoms with Crippen molar-refractivity contribution in [2.45, 2.75) is 33.2 Å². The molecule has 0 spiro atoms. The number of benzene rings is 1. The average molecular weight is 402 g/mol. The highest BCUT2D eigenvalue weighted by Gasteiger charge is 2.36. The lowest BCUT2D eigenvalue weighted by Gasteiger charge is -2.42. The highest BCUT2D eigenvalue weighted by molar-refractivity contribution is 7.17. The molecule has 2 heterocycles. The van der Waals surface area contributed by atoms with E-state index in [4.69, 9.17) is 5.73 Å². The van der Waals surface area contributed by atoms with Crippen LogP contribution in [0.2, 0.25) is 0 Å². The van der Waals surface area contributed by atoms with Crippen molar-refractivity contribution in [1.82, 2.24) is 9.88 Å². The molecule has 2 aromatic rings. The second kappa shape index (κ2) is 8.49. The average Bonchev–Trinajstić information content (AvgIpc) is 2.92. The highest BCUT2D eigenvalue weighted by atomic mass is 35.5. The second-order valence-electron chi connectivity index (χ2n) is 6.91. The summed E-state index contributed by atoms with van der Waals surface area (Å²) in [5.74, 6) is 0.0853. The maximum Gasteiger partial charge on any atom is 0.265 e. The van der Waals surface area contributed by atoms with Crippen LogP contribution in [0, 0.1) is 12.3 Å². The predicted molar refractivity (Wildman–Crippen MR) is 109 cm³/mol. The SMILES string of the molecule is Cc1nc(-c2ccccc2)sc1C(=O)N1CCC(N)C(C)(C)C1.Cl.Cl. The van der Waals surface area contributed by atoms with E-state index in [0.717, 1.165) is 34.1 Å². The molecule has 1 fully saturated rings. The minimum Gasteiger partial charge on any atom is -0.337 e. The van der Waals surface area contributed by atoms with Crippen LogP contribution >= 0.6 is 36.2 Å². The molecule has 1 atom stereocenters. The van der Waals surface area contributed by atoms with Crippen LogP contribution in [-0.4, -0.2) is 34.9 Å². The van der Waals surface area contributed by atoms with Gasteiger partial charge in [0.2, 0.25) is 0 Å². The summed E-state index contributed by atoms with van der Waals surface area (Å²) >= 11 is 1.48. The Labute approximate surface area is 165 Å². The zero-order valence-electron chi connectivity index (χ0n) is 14.7. The number of thiazole rings is 1. The van der Waals surface area contributed by atoms with Crippen LogP contribution in [-0.2, 0) is 0 Å². The Morgan fingerprint density at radius 3 is 2.52 bits per heavy atom. The van der Waals surface area contributed by atoms with E-state index in [2.05, 4.69) is 18.8 Å². The van der Waals surface area contributed by atoms with E-state index in [1.165, 1.54) is 11.3 Å². The maximum atomic E-state index is 12.9. The van der Waals surface area contributed by atoms with Gasteiger partial charge in [-0.2, -0.15) is 0 Å². The fourth-order valence-corrected chi connectivity index (χ4v) is 4.03. The van der Waals surface area contributed by atoms with Crippen molar-refractivity contribution >= 4 is 42.1 Å². The predicted octanol–water partition coefficient (Wildman–Crippen LogP) is 4.16. The van der Waals surface area contributed by atoms with E-state index in [0.29, 0.717) is 6.54 Å². The molecule has 1 saturated heterocycles. The third-order valence-electron chi connectivity index (χ3n) is 4.61. The molecule has 3 rings (SSSR count). The van der Waals surface area contributed by atoms with Crippen molar-refractivity contribution in [3.63, 3.8) is 0 Å².